The molecule has 3 nitrogen and oxygen atoms in total. The van der Waals surface area contributed by atoms with Gasteiger partial charge < -0.3 is 10.5 Å². The summed E-state index contributed by atoms with van der Waals surface area (Å²) in [6, 6.07) is 7.99. The molecular formula is C12H17NO2. The molecular weight excluding hydrogens is 190 g/mol. The van der Waals surface area contributed by atoms with E-state index in [9.17, 15) is 4.79 Å². The maximum Gasteiger partial charge on any atom is 0.307 e. The molecule has 1 aromatic carbocycles. The number of nitrogens with two attached hydrogens (primary N) is 1. The van der Waals surface area contributed by atoms with Gasteiger partial charge in [-0.2, -0.15) is 0 Å². The van der Waals surface area contributed by atoms with Crippen molar-refractivity contribution in [2.24, 2.45) is 5.73 Å². The lowest BCUT2D eigenvalue weighted by molar-refractivity contribution is -0.140. The van der Waals surface area contributed by atoms with Gasteiger partial charge in [0.15, 0.2) is 0 Å². The second-order valence-electron chi connectivity index (χ2n) is 3.73. The lowest BCUT2D eigenvalue weighted by Crippen LogP contribution is -2.26. The highest BCUT2D eigenvalue weighted by molar-refractivity contribution is 5.69. The first kappa shape index (κ1) is 11.7. The first-order valence-electron chi connectivity index (χ1n) is 4.99. The molecule has 3 heteroatoms. The van der Waals surface area contributed by atoms with Gasteiger partial charge in [0.05, 0.1) is 13.5 Å². The molecule has 0 aromatic heterocycles. The highest BCUT2D eigenvalue weighted by Crippen LogP contribution is 2.07. The molecule has 1 rings (SSSR count). The van der Waals surface area contributed by atoms with E-state index in [-0.39, 0.29) is 18.4 Å². The Hall–Kier alpha value is -1.35. The standard InChI is InChI=1S/C12H17NO2/c1-9-3-5-10(6-4-9)7-11(13)8-12(14)15-2/h3-6,11H,7-8,13H2,1-2H3. The summed E-state index contributed by atoms with van der Waals surface area (Å²) in [6.45, 7) is 2.04. The maximum absolute atomic E-state index is 11.0. The summed E-state index contributed by atoms with van der Waals surface area (Å²) in [6.07, 6.45) is 0.972. The number of benzene rings is 1. The lowest BCUT2D eigenvalue weighted by Gasteiger charge is -2.10. The Bertz CT molecular complexity index is 319. The monoisotopic (exact) mass is 207 g/mol. The molecule has 0 bridgehead atoms. The van der Waals surface area contributed by atoms with Crippen molar-refractivity contribution in [1.29, 1.82) is 0 Å². The van der Waals surface area contributed by atoms with Crippen LogP contribution in [0.4, 0.5) is 0 Å². The van der Waals surface area contributed by atoms with Crippen molar-refractivity contribution in [2.75, 3.05) is 7.11 Å². The van der Waals surface area contributed by atoms with Crippen LogP contribution in [-0.2, 0) is 16.0 Å². The minimum absolute atomic E-state index is 0.167. The highest BCUT2D eigenvalue weighted by Gasteiger charge is 2.09. The number of esters is 1. The smallest absolute Gasteiger partial charge is 0.307 e. The Morgan fingerprint density at radius 3 is 2.53 bits per heavy atom. The first-order chi connectivity index (χ1) is 7.11. The zero-order valence-corrected chi connectivity index (χ0v) is 9.19. The molecule has 0 heterocycles. The summed E-state index contributed by atoms with van der Waals surface area (Å²) in [5.41, 5.74) is 8.19. The van der Waals surface area contributed by atoms with Gasteiger partial charge in [0.1, 0.15) is 0 Å². The van der Waals surface area contributed by atoms with Gasteiger partial charge in [0, 0.05) is 6.04 Å². The lowest BCUT2D eigenvalue weighted by atomic mass is 10.0. The highest BCUT2D eigenvalue weighted by atomic mass is 16.5. The van der Waals surface area contributed by atoms with Gasteiger partial charge in [-0.25, -0.2) is 0 Å². The molecule has 2 N–H and O–H groups in total. The number of ether oxygens (including phenoxy) is 1. The van der Waals surface area contributed by atoms with Crippen LogP contribution < -0.4 is 5.73 Å². The minimum Gasteiger partial charge on any atom is -0.469 e. The Balaban J connectivity index is 2.47. The molecule has 15 heavy (non-hydrogen) atoms. The van der Waals surface area contributed by atoms with Crippen molar-refractivity contribution in [3.8, 4) is 0 Å². The molecule has 0 saturated heterocycles. The van der Waals surface area contributed by atoms with E-state index in [1.807, 2.05) is 31.2 Å². The van der Waals surface area contributed by atoms with Gasteiger partial charge in [-0.3, -0.25) is 4.79 Å². The average molecular weight is 207 g/mol. The number of aryl methyl sites for hydroxylation is 1. The summed E-state index contributed by atoms with van der Waals surface area (Å²) < 4.78 is 4.56. The van der Waals surface area contributed by atoms with Crippen LogP contribution in [0.5, 0.6) is 0 Å². The van der Waals surface area contributed by atoms with Crippen LogP contribution in [0.2, 0.25) is 0 Å². The normalized spacial score (nSPS) is 12.2. The quantitative estimate of drug-likeness (QED) is 0.760. The van der Waals surface area contributed by atoms with E-state index in [2.05, 4.69) is 4.74 Å². The van der Waals surface area contributed by atoms with Gasteiger partial charge in [-0.1, -0.05) is 29.8 Å². The third-order valence-corrected chi connectivity index (χ3v) is 2.28. The van der Waals surface area contributed by atoms with Crippen molar-refractivity contribution in [1.82, 2.24) is 0 Å². The zero-order chi connectivity index (χ0) is 11.3. The van der Waals surface area contributed by atoms with Crippen molar-refractivity contribution in [3.05, 3.63) is 35.4 Å². The number of hydrogen-bond acceptors (Lipinski definition) is 3. The van der Waals surface area contributed by atoms with Crippen LogP contribution in [0.3, 0.4) is 0 Å². The molecule has 0 spiro atoms. The summed E-state index contributed by atoms with van der Waals surface area (Å²) in [5.74, 6) is -0.255. The number of hydrogen-bond donors (Lipinski definition) is 1. The fraction of sp³-hybridized carbons (Fsp3) is 0.417. The molecule has 0 radical (unpaired) electrons. The Labute approximate surface area is 90.2 Å². The zero-order valence-electron chi connectivity index (χ0n) is 9.19. The topological polar surface area (TPSA) is 52.3 Å². The van der Waals surface area contributed by atoms with Crippen LogP contribution in [0.15, 0.2) is 24.3 Å². The van der Waals surface area contributed by atoms with Gasteiger partial charge in [-0.05, 0) is 18.9 Å². The Morgan fingerprint density at radius 1 is 1.40 bits per heavy atom. The molecule has 0 aliphatic carbocycles. The van der Waals surface area contributed by atoms with Crippen LogP contribution >= 0.6 is 0 Å². The second-order valence-corrected chi connectivity index (χ2v) is 3.73. The number of rotatable bonds is 4. The summed E-state index contributed by atoms with van der Waals surface area (Å²) in [5, 5.41) is 0. The molecule has 0 saturated carbocycles. The van der Waals surface area contributed by atoms with Crippen molar-refractivity contribution >= 4 is 5.97 Å². The third kappa shape index (κ3) is 4.13. The van der Waals surface area contributed by atoms with E-state index in [1.54, 1.807) is 0 Å². The van der Waals surface area contributed by atoms with Gasteiger partial charge in [0.25, 0.3) is 0 Å². The Kier molecular flexibility index (Phi) is 4.31. The fourth-order valence-corrected chi connectivity index (χ4v) is 1.40. The van der Waals surface area contributed by atoms with Gasteiger partial charge in [-0.15, -0.1) is 0 Å². The van der Waals surface area contributed by atoms with Crippen molar-refractivity contribution < 1.29 is 9.53 Å². The SMILES string of the molecule is COC(=O)CC(N)Cc1ccc(C)cc1. The molecule has 0 aliphatic heterocycles. The van der Waals surface area contributed by atoms with E-state index in [0.717, 1.165) is 5.56 Å². The molecule has 1 aromatic rings. The molecule has 1 unspecified atom stereocenters. The van der Waals surface area contributed by atoms with Crippen LogP contribution in [-0.4, -0.2) is 19.1 Å². The average Bonchev–Trinajstić information content (AvgIpc) is 2.21. The molecule has 0 amide bonds. The van der Waals surface area contributed by atoms with E-state index in [4.69, 9.17) is 5.73 Å². The number of carbonyl (C=O) groups excluding carboxylic acids is 1. The first-order valence-corrected chi connectivity index (χ1v) is 4.99. The number of carbonyl (C=O) groups is 1. The van der Waals surface area contributed by atoms with Crippen LogP contribution in [0.1, 0.15) is 17.5 Å². The minimum atomic E-state index is -0.255. The maximum atomic E-state index is 11.0. The number of methoxy groups -OCH3 is 1. The molecule has 82 valence electrons. The van der Waals surface area contributed by atoms with E-state index in [1.165, 1.54) is 12.7 Å². The van der Waals surface area contributed by atoms with Crippen molar-refractivity contribution in [3.63, 3.8) is 0 Å². The predicted molar refractivity (Wildman–Crippen MR) is 59.5 cm³/mol. The summed E-state index contributed by atoms with van der Waals surface area (Å²) in [4.78, 5) is 11.0. The third-order valence-electron chi connectivity index (χ3n) is 2.28. The molecule has 0 fully saturated rings. The van der Waals surface area contributed by atoms with E-state index >= 15 is 0 Å². The largest absolute Gasteiger partial charge is 0.469 e. The van der Waals surface area contributed by atoms with Crippen molar-refractivity contribution in [2.45, 2.75) is 25.8 Å². The Morgan fingerprint density at radius 2 is 2.00 bits per heavy atom. The molecule has 1 atom stereocenters. The summed E-state index contributed by atoms with van der Waals surface area (Å²) >= 11 is 0. The van der Waals surface area contributed by atoms with E-state index in [0.29, 0.717) is 6.42 Å². The summed E-state index contributed by atoms with van der Waals surface area (Å²) in [7, 11) is 1.38. The van der Waals surface area contributed by atoms with Crippen LogP contribution in [0, 0.1) is 6.92 Å². The predicted octanol–water partition coefficient (Wildman–Crippen LogP) is 1.43. The molecule has 0 aliphatic rings. The fourth-order valence-electron chi connectivity index (χ4n) is 1.40. The second kappa shape index (κ2) is 5.51. The van der Waals surface area contributed by atoms with Crippen LogP contribution in [0.25, 0.3) is 0 Å². The van der Waals surface area contributed by atoms with Gasteiger partial charge >= 0.3 is 5.97 Å². The van der Waals surface area contributed by atoms with Gasteiger partial charge in [0.2, 0.25) is 0 Å². The van der Waals surface area contributed by atoms with E-state index < -0.39 is 0 Å².